The number of amides is 2. The van der Waals surface area contributed by atoms with Gasteiger partial charge in [0.15, 0.2) is 12.6 Å². The van der Waals surface area contributed by atoms with Gasteiger partial charge in [-0.2, -0.15) is 0 Å². The van der Waals surface area contributed by atoms with Crippen LogP contribution in [0, 0.1) is 0 Å². The van der Waals surface area contributed by atoms with E-state index in [1.54, 1.807) is 0 Å². The minimum atomic E-state index is -1.73. The van der Waals surface area contributed by atoms with Crippen molar-refractivity contribution in [2.75, 3.05) is 13.1 Å². The maximum Gasteiger partial charge on any atom is 0.220 e. The molecule has 0 aliphatic carbocycles. The van der Waals surface area contributed by atoms with Gasteiger partial charge < -0.3 is 55.5 Å². The van der Waals surface area contributed by atoms with Crippen molar-refractivity contribution >= 4 is 11.8 Å². The van der Waals surface area contributed by atoms with Gasteiger partial charge >= 0.3 is 0 Å². The van der Waals surface area contributed by atoms with Crippen LogP contribution >= 0.6 is 0 Å². The highest BCUT2D eigenvalue weighted by Gasteiger charge is 2.49. The standard InChI is InChI=1S/C32H60N2O11/c1-3-5-7-9-11-13-19-33-23(35)17-15-21-25(37)27(39)29(41)31(43-21)45-32-30(42)28(40)26(38)22(44-32)16-18-24(36)34-20-14-12-10-8-6-4-2/h21-22,25-32,37-42H,3-20H2,1-2H3,(H,33,35)(H,34,36). The molecular formula is C32H60N2O11. The molecule has 0 saturated carbocycles. The molecule has 0 aromatic heterocycles. The van der Waals surface area contributed by atoms with Crippen LogP contribution in [0.2, 0.25) is 0 Å². The highest BCUT2D eigenvalue weighted by molar-refractivity contribution is 5.76. The number of hydrogen-bond donors (Lipinski definition) is 8. The van der Waals surface area contributed by atoms with E-state index < -0.39 is 61.4 Å². The highest BCUT2D eigenvalue weighted by atomic mass is 16.8. The van der Waals surface area contributed by atoms with Gasteiger partial charge in [0.05, 0.1) is 12.2 Å². The molecule has 8 N–H and O–H groups in total. The van der Waals surface area contributed by atoms with E-state index in [-0.39, 0.29) is 37.5 Å². The highest BCUT2D eigenvalue weighted by Crippen LogP contribution is 2.30. The van der Waals surface area contributed by atoms with E-state index in [0.29, 0.717) is 13.1 Å². The molecule has 10 atom stereocenters. The first kappa shape index (κ1) is 39.8. The zero-order chi connectivity index (χ0) is 33.2. The van der Waals surface area contributed by atoms with Crippen molar-refractivity contribution in [2.45, 2.75) is 178 Å². The third-order valence-electron chi connectivity index (χ3n) is 8.62. The van der Waals surface area contributed by atoms with Crippen molar-refractivity contribution < 1.29 is 54.4 Å². The van der Waals surface area contributed by atoms with E-state index in [2.05, 4.69) is 24.5 Å². The lowest BCUT2D eigenvalue weighted by atomic mass is 9.94. The van der Waals surface area contributed by atoms with Crippen LogP contribution in [0.5, 0.6) is 0 Å². The van der Waals surface area contributed by atoms with Crippen LogP contribution in [-0.2, 0) is 23.8 Å². The van der Waals surface area contributed by atoms with Gasteiger partial charge in [-0.25, -0.2) is 0 Å². The second kappa shape index (κ2) is 22.2. The molecule has 2 rings (SSSR count). The fourth-order valence-electron chi connectivity index (χ4n) is 5.66. The Morgan fingerprint density at radius 2 is 0.889 bits per heavy atom. The Labute approximate surface area is 268 Å². The Kier molecular flexibility index (Phi) is 19.6. The van der Waals surface area contributed by atoms with Crippen LogP contribution in [0.4, 0.5) is 0 Å². The van der Waals surface area contributed by atoms with Gasteiger partial charge in [-0.15, -0.1) is 0 Å². The van der Waals surface area contributed by atoms with Crippen molar-refractivity contribution in [1.29, 1.82) is 0 Å². The molecule has 45 heavy (non-hydrogen) atoms. The first-order chi connectivity index (χ1) is 21.6. The van der Waals surface area contributed by atoms with E-state index in [0.717, 1.165) is 38.5 Å². The molecule has 0 spiro atoms. The molecule has 2 saturated heterocycles. The largest absolute Gasteiger partial charge is 0.388 e. The van der Waals surface area contributed by atoms with Gasteiger partial charge in [-0.05, 0) is 25.7 Å². The van der Waals surface area contributed by atoms with Gasteiger partial charge in [-0.3, -0.25) is 9.59 Å². The fourth-order valence-corrected chi connectivity index (χ4v) is 5.66. The molecule has 10 unspecified atom stereocenters. The van der Waals surface area contributed by atoms with Gasteiger partial charge in [0, 0.05) is 25.9 Å². The van der Waals surface area contributed by atoms with E-state index >= 15 is 0 Å². The Balaban J connectivity index is 1.82. The molecule has 2 heterocycles. The number of hydrogen-bond acceptors (Lipinski definition) is 11. The zero-order valence-electron chi connectivity index (χ0n) is 27.2. The molecule has 0 aromatic rings. The van der Waals surface area contributed by atoms with Crippen molar-refractivity contribution in [3.8, 4) is 0 Å². The predicted octanol–water partition coefficient (Wildman–Crippen LogP) is 1.13. The molecule has 0 aromatic carbocycles. The van der Waals surface area contributed by atoms with E-state index in [4.69, 9.17) is 14.2 Å². The Morgan fingerprint density at radius 1 is 0.533 bits per heavy atom. The second-order valence-electron chi connectivity index (χ2n) is 12.5. The topological polar surface area (TPSA) is 207 Å². The molecule has 2 aliphatic rings. The van der Waals surface area contributed by atoms with Crippen LogP contribution in [0.1, 0.15) is 117 Å². The number of carbonyl (C=O) groups excluding carboxylic acids is 2. The lowest BCUT2D eigenvalue weighted by Gasteiger charge is -2.45. The van der Waals surface area contributed by atoms with Crippen LogP contribution in [0.25, 0.3) is 0 Å². The SMILES string of the molecule is CCCCCCCCNC(=O)CCC1OC(OC2OC(CCC(=O)NCCCCCCCC)C(O)C(O)C2O)C(O)C(O)C1O. The maximum atomic E-state index is 12.3. The smallest absolute Gasteiger partial charge is 0.220 e. The summed E-state index contributed by atoms with van der Waals surface area (Å²) in [6.07, 6.45) is -1.93. The molecule has 2 fully saturated rings. The molecule has 2 aliphatic heterocycles. The number of aliphatic hydroxyl groups is 6. The van der Waals surface area contributed by atoms with Crippen molar-refractivity contribution in [1.82, 2.24) is 10.6 Å². The Bertz CT molecular complexity index is 758. The number of unbranched alkanes of at least 4 members (excludes halogenated alkanes) is 10. The summed E-state index contributed by atoms with van der Waals surface area (Å²) in [7, 11) is 0. The summed E-state index contributed by atoms with van der Waals surface area (Å²) >= 11 is 0. The van der Waals surface area contributed by atoms with Gasteiger partial charge in [-0.1, -0.05) is 78.1 Å². The number of carbonyl (C=O) groups is 2. The summed E-state index contributed by atoms with van der Waals surface area (Å²) in [6, 6.07) is 0. The van der Waals surface area contributed by atoms with E-state index in [1.165, 1.54) is 38.5 Å². The minimum Gasteiger partial charge on any atom is -0.388 e. The first-order valence-electron chi connectivity index (χ1n) is 17.2. The van der Waals surface area contributed by atoms with Gasteiger partial charge in [0.1, 0.15) is 36.6 Å². The number of ether oxygens (including phenoxy) is 3. The van der Waals surface area contributed by atoms with E-state index in [9.17, 15) is 40.2 Å². The van der Waals surface area contributed by atoms with Crippen LogP contribution < -0.4 is 10.6 Å². The number of nitrogens with one attached hydrogen (secondary N) is 2. The second-order valence-corrected chi connectivity index (χ2v) is 12.5. The normalized spacial score (nSPS) is 31.9. The Hall–Kier alpha value is -1.42. The maximum absolute atomic E-state index is 12.3. The van der Waals surface area contributed by atoms with Crippen LogP contribution in [-0.4, -0.2) is 117 Å². The van der Waals surface area contributed by atoms with Gasteiger partial charge in [0.25, 0.3) is 0 Å². The molecule has 0 radical (unpaired) electrons. The average Bonchev–Trinajstić information content (AvgIpc) is 3.03. The number of aliphatic hydroxyl groups excluding tert-OH is 6. The third-order valence-corrected chi connectivity index (χ3v) is 8.62. The zero-order valence-corrected chi connectivity index (χ0v) is 27.2. The fraction of sp³-hybridized carbons (Fsp3) is 0.938. The number of rotatable bonds is 22. The lowest BCUT2D eigenvalue weighted by molar-refractivity contribution is -0.374. The van der Waals surface area contributed by atoms with Crippen LogP contribution in [0.3, 0.4) is 0 Å². The summed E-state index contributed by atoms with van der Waals surface area (Å²) in [5, 5.41) is 68.5. The quantitative estimate of drug-likeness (QED) is 0.0781. The van der Waals surface area contributed by atoms with E-state index in [1.807, 2.05) is 0 Å². The summed E-state index contributed by atoms with van der Waals surface area (Å²) < 4.78 is 17.0. The molecule has 2 amide bonds. The average molecular weight is 649 g/mol. The molecule has 264 valence electrons. The summed E-state index contributed by atoms with van der Waals surface area (Å²) in [6.45, 7) is 5.39. The summed E-state index contributed by atoms with van der Waals surface area (Å²) in [5.74, 6) is -0.473. The monoisotopic (exact) mass is 648 g/mol. The molecule has 13 heteroatoms. The minimum absolute atomic E-state index is 0.00352. The predicted molar refractivity (Wildman–Crippen MR) is 166 cm³/mol. The molecular weight excluding hydrogens is 588 g/mol. The van der Waals surface area contributed by atoms with Crippen LogP contribution in [0.15, 0.2) is 0 Å². The summed E-state index contributed by atoms with van der Waals surface area (Å²) in [5.41, 5.74) is 0. The first-order valence-corrected chi connectivity index (χ1v) is 17.2. The van der Waals surface area contributed by atoms with Crippen molar-refractivity contribution in [2.24, 2.45) is 0 Å². The van der Waals surface area contributed by atoms with Gasteiger partial charge in [0.2, 0.25) is 11.8 Å². The lowest BCUT2D eigenvalue weighted by Crippen LogP contribution is -2.63. The third kappa shape index (κ3) is 14.1. The van der Waals surface area contributed by atoms with Crippen molar-refractivity contribution in [3.05, 3.63) is 0 Å². The summed E-state index contributed by atoms with van der Waals surface area (Å²) in [4.78, 5) is 24.6. The van der Waals surface area contributed by atoms with Crippen molar-refractivity contribution in [3.63, 3.8) is 0 Å². The molecule has 13 nitrogen and oxygen atoms in total. The Morgan fingerprint density at radius 3 is 1.27 bits per heavy atom. The molecule has 0 bridgehead atoms.